The summed E-state index contributed by atoms with van der Waals surface area (Å²) < 4.78 is 34.1. The molecule has 180 valence electrons. The Morgan fingerprint density at radius 2 is 1.74 bits per heavy atom. The SMILES string of the molecule is Cc1cc(OCc2ccc(F)cc2F)c(Cl)c(=O)n1-c1ccnc(-c2ccnc(C(C)(C)C)c2)c1. The maximum absolute atomic E-state index is 13.9. The minimum Gasteiger partial charge on any atom is -0.487 e. The van der Waals surface area contributed by atoms with E-state index in [0.717, 1.165) is 23.4 Å². The number of hydrogen-bond acceptors (Lipinski definition) is 4. The predicted molar refractivity (Wildman–Crippen MR) is 132 cm³/mol. The van der Waals surface area contributed by atoms with Gasteiger partial charge in [-0.25, -0.2) is 8.78 Å². The van der Waals surface area contributed by atoms with E-state index < -0.39 is 17.2 Å². The first-order chi connectivity index (χ1) is 16.5. The van der Waals surface area contributed by atoms with Crippen molar-refractivity contribution in [3.8, 4) is 22.7 Å². The Labute approximate surface area is 207 Å². The van der Waals surface area contributed by atoms with Crippen LogP contribution in [0.4, 0.5) is 8.78 Å². The van der Waals surface area contributed by atoms with Gasteiger partial charge in [0, 0.05) is 52.5 Å². The fourth-order valence-corrected chi connectivity index (χ4v) is 3.81. The number of hydrogen-bond donors (Lipinski definition) is 0. The van der Waals surface area contributed by atoms with Gasteiger partial charge < -0.3 is 4.74 Å². The molecular formula is C27H24ClF2N3O2. The third kappa shape index (κ3) is 5.25. The van der Waals surface area contributed by atoms with Crippen LogP contribution < -0.4 is 10.3 Å². The quantitative estimate of drug-likeness (QED) is 0.321. The molecule has 0 atom stereocenters. The number of rotatable bonds is 5. The fraction of sp³-hybridized carbons (Fsp3) is 0.222. The van der Waals surface area contributed by atoms with Crippen LogP contribution in [0.25, 0.3) is 16.9 Å². The van der Waals surface area contributed by atoms with Gasteiger partial charge in [-0.15, -0.1) is 0 Å². The molecule has 3 aromatic heterocycles. The monoisotopic (exact) mass is 495 g/mol. The van der Waals surface area contributed by atoms with Crippen molar-refractivity contribution in [2.24, 2.45) is 0 Å². The van der Waals surface area contributed by atoms with Crippen molar-refractivity contribution in [2.45, 2.75) is 39.7 Å². The van der Waals surface area contributed by atoms with Gasteiger partial charge in [0.25, 0.3) is 5.56 Å². The summed E-state index contributed by atoms with van der Waals surface area (Å²) in [5.41, 5.74) is 3.19. The summed E-state index contributed by atoms with van der Waals surface area (Å²) >= 11 is 6.34. The largest absolute Gasteiger partial charge is 0.487 e. The molecule has 0 aliphatic rings. The summed E-state index contributed by atoms with van der Waals surface area (Å²) in [7, 11) is 0. The third-order valence-corrected chi connectivity index (χ3v) is 5.87. The molecule has 0 radical (unpaired) electrons. The number of nitrogens with zero attached hydrogens (tertiary/aromatic N) is 3. The van der Waals surface area contributed by atoms with Gasteiger partial charge in [0.2, 0.25) is 0 Å². The zero-order chi connectivity index (χ0) is 25.3. The molecule has 0 bridgehead atoms. The van der Waals surface area contributed by atoms with E-state index in [1.807, 2.05) is 12.1 Å². The zero-order valence-electron chi connectivity index (χ0n) is 19.8. The molecule has 3 heterocycles. The summed E-state index contributed by atoms with van der Waals surface area (Å²) in [6.07, 6.45) is 3.37. The Morgan fingerprint density at radius 1 is 1.00 bits per heavy atom. The van der Waals surface area contributed by atoms with Crippen LogP contribution in [0.5, 0.6) is 5.75 Å². The summed E-state index contributed by atoms with van der Waals surface area (Å²) in [5, 5.41) is -0.143. The predicted octanol–water partition coefficient (Wildman–Crippen LogP) is 6.41. The molecule has 0 N–H and O–H groups in total. The lowest BCUT2D eigenvalue weighted by molar-refractivity contribution is 0.298. The molecule has 8 heteroatoms. The van der Waals surface area contributed by atoms with Crippen LogP contribution in [0.15, 0.2) is 65.7 Å². The van der Waals surface area contributed by atoms with Gasteiger partial charge in [0.15, 0.2) is 0 Å². The molecule has 0 aliphatic carbocycles. The van der Waals surface area contributed by atoms with Crippen LogP contribution in [0.1, 0.15) is 37.7 Å². The zero-order valence-corrected chi connectivity index (χ0v) is 20.5. The van der Waals surface area contributed by atoms with E-state index in [1.165, 1.54) is 10.6 Å². The molecule has 0 unspecified atom stereocenters. The van der Waals surface area contributed by atoms with Gasteiger partial charge in [-0.1, -0.05) is 32.4 Å². The van der Waals surface area contributed by atoms with Crippen molar-refractivity contribution in [3.05, 3.63) is 105 Å². The van der Waals surface area contributed by atoms with Crippen molar-refractivity contribution < 1.29 is 13.5 Å². The fourth-order valence-electron chi connectivity index (χ4n) is 3.62. The second-order valence-electron chi connectivity index (χ2n) is 9.21. The van der Waals surface area contributed by atoms with Crippen molar-refractivity contribution >= 4 is 11.6 Å². The summed E-state index contributed by atoms with van der Waals surface area (Å²) in [4.78, 5) is 22.1. The molecule has 0 amide bonds. The molecule has 35 heavy (non-hydrogen) atoms. The minimum atomic E-state index is -0.735. The highest BCUT2D eigenvalue weighted by molar-refractivity contribution is 6.31. The van der Waals surface area contributed by atoms with E-state index in [0.29, 0.717) is 17.1 Å². The summed E-state index contributed by atoms with van der Waals surface area (Å²) in [5.74, 6) is -1.30. The van der Waals surface area contributed by atoms with Crippen LogP contribution in [-0.2, 0) is 12.0 Å². The van der Waals surface area contributed by atoms with Crippen molar-refractivity contribution in [1.29, 1.82) is 0 Å². The van der Waals surface area contributed by atoms with Crippen molar-refractivity contribution in [1.82, 2.24) is 14.5 Å². The normalized spacial score (nSPS) is 11.5. The molecule has 1 aromatic carbocycles. The number of benzene rings is 1. The molecule has 0 aliphatic heterocycles. The maximum Gasteiger partial charge on any atom is 0.277 e. The van der Waals surface area contributed by atoms with Gasteiger partial charge in [-0.3, -0.25) is 19.3 Å². The van der Waals surface area contributed by atoms with E-state index in [1.54, 1.807) is 37.5 Å². The Bertz CT molecular complexity index is 1460. The van der Waals surface area contributed by atoms with Crippen molar-refractivity contribution in [3.63, 3.8) is 0 Å². The van der Waals surface area contributed by atoms with Gasteiger partial charge in [0.05, 0.1) is 11.4 Å². The van der Waals surface area contributed by atoms with Crippen LogP contribution in [-0.4, -0.2) is 14.5 Å². The lowest BCUT2D eigenvalue weighted by atomic mass is 9.90. The van der Waals surface area contributed by atoms with Crippen molar-refractivity contribution in [2.75, 3.05) is 0 Å². The van der Waals surface area contributed by atoms with E-state index in [4.69, 9.17) is 16.3 Å². The first-order valence-electron chi connectivity index (χ1n) is 11.0. The summed E-state index contributed by atoms with van der Waals surface area (Å²) in [6.45, 7) is 7.80. The topological polar surface area (TPSA) is 57.0 Å². The Kier molecular flexibility index (Phi) is 6.72. The van der Waals surface area contributed by atoms with Gasteiger partial charge in [-0.05, 0) is 43.3 Å². The maximum atomic E-state index is 13.9. The Hall–Kier alpha value is -3.58. The van der Waals surface area contributed by atoms with E-state index >= 15 is 0 Å². The number of pyridine rings is 3. The van der Waals surface area contributed by atoms with Crippen LogP contribution in [0.3, 0.4) is 0 Å². The molecule has 0 saturated heterocycles. The first-order valence-corrected chi connectivity index (χ1v) is 11.3. The van der Waals surface area contributed by atoms with Crippen LogP contribution >= 0.6 is 11.6 Å². The van der Waals surface area contributed by atoms with Crippen LogP contribution in [0.2, 0.25) is 5.02 Å². The van der Waals surface area contributed by atoms with Gasteiger partial charge in [-0.2, -0.15) is 0 Å². The smallest absolute Gasteiger partial charge is 0.277 e. The molecule has 5 nitrogen and oxygen atoms in total. The van der Waals surface area contributed by atoms with Gasteiger partial charge in [0.1, 0.15) is 29.0 Å². The molecule has 4 aromatic rings. The molecule has 0 saturated carbocycles. The lowest BCUT2D eigenvalue weighted by Crippen LogP contribution is -2.22. The number of aromatic nitrogens is 3. The molecule has 0 spiro atoms. The average molecular weight is 496 g/mol. The highest BCUT2D eigenvalue weighted by atomic mass is 35.5. The second kappa shape index (κ2) is 9.58. The Balaban J connectivity index is 1.67. The number of ether oxygens (including phenoxy) is 1. The average Bonchev–Trinajstić information content (AvgIpc) is 2.81. The highest BCUT2D eigenvalue weighted by Gasteiger charge is 2.18. The van der Waals surface area contributed by atoms with Gasteiger partial charge >= 0.3 is 0 Å². The molecular weight excluding hydrogens is 472 g/mol. The van der Waals surface area contributed by atoms with E-state index in [9.17, 15) is 13.6 Å². The number of halogens is 3. The standard InChI is InChI=1S/C27H24ClF2N3O2/c1-16-11-23(35-15-18-5-6-19(29)13-21(18)30)25(28)26(34)33(16)20-8-10-31-22(14-20)17-7-9-32-24(12-17)27(2,3)4/h5-14H,15H2,1-4H3. The summed E-state index contributed by atoms with van der Waals surface area (Å²) in [6, 6.07) is 12.2. The molecule has 4 rings (SSSR count). The Morgan fingerprint density at radius 3 is 2.46 bits per heavy atom. The lowest BCUT2D eigenvalue weighted by Gasteiger charge is -2.18. The van der Waals surface area contributed by atoms with E-state index in [2.05, 4.69) is 30.7 Å². The van der Waals surface area contributed by atoms with E-state index in [-0.39, 0.29) is 28.4 Å². The minimum absolute atomic E-state index is 0.118. The first kappa shape index (κ1) is 24.5. The third-order valence-electron chi connectivity index (χ3n) is 5.52. The second-order valence-corrected chi connectivity index (χ2v) is 9.59. The highest BCUT2D eigenvalue weighted by Crippen LogP contribution is 2.28. The van der Waals surface area contributed by atoms with Crippen LogP contribution in [0, 0.1) is 18.6 Å². The molecule has 0 fully saturated rings. The number of aryl methyl sites for hydroxylation is 1.